The lowest BCUT2D eigenvalue weighted by atomic mass is 9.99. The van der Waals surface area contributed by atoms with Crippen molar-refractivity contribution < 1.29 is 23.5 Å². The molecule has 164 valence electrons. The highest BCUT2D eigenvalue weighted by atomic mass is 16.6. The summed E-state index contributed by atoms with van der Waals surface area (Å²) in [5.74, 6) is -0.583. The van der Waals surface area contributed by atoms with Gasteiger partial charge >= 0.3 is 17.7 Å². The summed E-state index contributed by atoms with van der Waals surface area (Å²) in [6.07, 6.45) is -0.0422. The maximum absolute atomic E-state index is 12.8. The molecule has 0 saturated heterocycles. The minimum atomic E-state index is -0.890. The van der Waals surface area contributed by atoms with Gasteiger partial charge in [-0.15, -0.1) is 0 Å². The lowest BCUT2D eigenvalue weighted by Crippen LogP contribution is -2.48. The molecular formula is C24H27NO6. The van der Waals surface area contributed by atoms with E-state index in [2.05, 4.69) is 5.32 Å². The van der Waals surface area contributed by atoms with E-state index in [0.717, 1.165) is 10.8 Å². The van der Waals surface area contributed by atoms with Crippen LogP contribution >= 0.6 is 0 Å². The van der Waals surface area contributed by atoms with Gasteiger partial charge < -0.3 is 19.2 Å². The molecule has 0 saturated carbocycles. The Bertz CT molecular complexity index is 1170. The number of rotatable bonds is 5. The summed E-state index contributed by atoms with van der Waals surface area (Å²) in [5.41, 5.74) is -0.836. The Morgan fingerprint density at radius 2 is 1.74 bits per heavy atom. The Morgan fingerprint density at radius 3 is 2.39 bits per heavy atom. The smallest absolute Gasteiger partial charge is 0.408 e. The van der Waals surface area contributed by atoms with Crippen LogP contribution in [0.15, 0.2) is 51.7 Å². The zero-order chi connectivity index (χ0) is 22.8. The van der Waals surface area contributed by atoms with Crippen molar-refractivity contribution in [1.29, 1.82) is 0 Å². The lowest BCUT2D eigenvalue weighted by molar-refractivity contribution is -0.138. The van der Waals surface area contributed by atoms with E-state index in [1.165, 1.54) is 6.07 Å². The van der Waals surface area contributed by atoms with Gasteiger partial charge in [-0.2, -0.15) is 0 Å². The van der Waals surface area contributed by atoms with Crippen molar-refractivity contribution in [1.82, 2.24) is 5.32 Å². The average molecular weight is 425 g/mol. The van der Waals surface area contributed by atoms with Gasteiger partial charge in [-0.1, -0.05) is 38.5 Å². The number of nitrogens with one attached hydrogen (secondary N) is 1. The number of carbonyl (C=O) groups is 2. The van der Waals surface area contributed by atoms with Gasteiger partial charge in [0.05, 0.1) is 5.39 Å². The largest absolute Gasteiger partial charge is 0.444 e. The van der Waals surface area contributed by atoms with Crippen molar-refractivity contribution in [2.24, 2.45) is 5.92 Å². The monoisotopic (exact) mass is 425 g/mol. The van der Waals surface area contributed by atoms with Crippen LogP contribution < -0.4 is 15.7 Å². The van der Waals surface area contributed by atoms with E-state index < -0.39 is 29.3 Å². The number of carbonyl (C=O) groups excluding carboxylic acids is 2. The molecule has 1 heterocycles. The van der Waals surface area contributed by atoms with Gasteiger partial charge in [-0.3, -0.25) is 0 Å². The predicted octanol–water partition coefficient (Wildman–Crippen LogP) is 4.79. The standard InChI is InChI=1S/C24H27NO6/c1-6-14(2)20(25-23(28)31-24(3,4)5)22(27)29-15-11-12-17-16-9-7-8-10-18(16)21(26)30-19(17)13-15/h7-14,20H,6H2,1-5H3,(H,25,28)/t14-,20+/m0/s1. The minimum absolute atomic E-state index is 0.178. The molecule has 0 bridgehead atoms. The highest BCUT2D eigenvalue weighted by Gasteiger charge is 2.30. The summed E-state index contributed by atoms with van der Waals surface area (Å²) in [7, 11) is 0. The van der Waals surface area contributed by atoms with Gasteiger partial charge in [-0.05, 0) is 50.3 Å². The fourth-order valence-electron chi connectivity index (χ4n) is 3.21. The SMILES string of the molecule is CC[C@H](C)[C@@H](NC(=O)OC(C)(C)C)C(=O)Oc1ccc2c(c1)oc(=O)c1ccccc12. The van der Waals surface area contributed by atoms with Crippen LogP contribution in [0.4, 0.5) is 4.79 Å². The fraction of sp³-hybridized carbons (Fsp3) is 0.375. The molecule has 2 atom stereocenters. The number of hydrogen-bond acceptors (Lipinski definition) is 6. The Morgan fingerprint density at radius 1 is 1.06 bits per heavy atom. The highest BCUT2D eigenvalue weighted by Crippen LogP contribution is 2.26. The summed E-state index contributed by atoms with van der Waals surface area (Å²) in [6.45, 7) is 8.99. The number of esters is 1. The average Bonchev–Trinajstić information content (AvgIpc) is 2.70. The number of hydrogen-bond donors (Lipinski definition) is 1. The van der Waals surface area contributed by atoms with E-state index in [1.807, 2.05) is 26.0 Å². The van der Waals surface area contributed by atoms with Gasteiger partial charge in [0.2, 0.25) is 0 Å². The molecule has 0 radical (unpaired) electrons. The van der Waals surface area contributed by atoms with Crippen molar-refractivity contribution in [2.45, 2.75) is 52.7 Å². The molecule has 0 aliphatic heterocycles. The van der Waals surface area contributed by atoms with Crippen molar-refractivity contribution >= 4 is 33.8 Å². The molecule has 0 fully saturated rings. The van der Waals surface area contributed by atoms with Gasteiger partial charge in [0, 0.05) is 11.5 Å². The normalized spacial score (nSPS) is 13.6. The zero-order valence-electron chi connectivity index (χ0n) is 18.4. The van der Waals surface area contributed by atoms with E-state index in [4.69, 9.17) is 13.9 Å². The predicted molar refractivity (Wildman–Crippen MR) is 118 cm³/mol. The Hall–Kier alpha value is -3.35. The van der Waals surface area contributed by atoms with Crippen LogP contribution in [0.25, 0.3) is 21.7 Å². The van der Waals surface area contributed by atoms with Crippen LogP contribution in [-0.4, -0.2) is 23.7 Å². The number of ether oxygens (including phenoxy) is 2. The van der Waals surface area contributed by atoms with Crippen LogP contribution in [-0.2, 0) is 9.53 Å². The number of benzene rings is 2. The third-order valence-corrected chi connectivity index (χ3v) is 4.95. The van der Waals surface area contributed by atoms with Gasteiger partial charge in [0.1, 0.15) is 23.0 Å². The van der Waals surface area contributed by atoms with Crippen molar-refractivity contribution in [3.05, 3.63) is 52.9 Å². The molecule has 0 aliphatic carbocycles. The van der Waals surface area contributed by atoms with Crippen molar-refractivity contribution in [3.8, 4) is 5.75 Å². The van der Waals surface area contributed by atoms with Gasteiger partial charge in [0.25, 0.3) is 0 Å². The second kappa shape index (κ2) is 8.79. The molecule has 7 nitrogen and oxygen atoms in total. The molecule has 2 aromatic carbocycles. The number of amides is 1. The van der Waals surface area contributed by atoms with Crippen LogP contribution in [0, 0.1) is 5.92 Å². The topological polar surface area (TPSA) is 94.8 Å². The van der Waals surface area contributed by atoms with E-state index in [0.29, 0.717) is 17.4 Å². The molecular weight excluding hydrogens is 398 g/mol. The minimum Gasteiger partial charge on any atom is -0.444 e. The van der Waals surface area contributed by atoms with Crippen LogP contribution in [0.5, 0.6) is 5.75 Å². The lowest BCUT2D eigenvalue weighted by Gasteiger charge is -2.25. The van der Waals surface area contributed by atoms with Crippen molar-refractivity contribution in [3.63, 3.8) is 0 Å². The summed E-state index contributed by atoms with van der Waals surface area (Å²) < 4.78 is 16.2. The van der Waals surface area contributed by atoms with Crippen molar-refractivity contribution in [2.75, 3.05) is 0 Å². The fourth-order valence-corrected chi connectivity index (χ4v) is 3.21. The first-order valence-electron chi connectivity index (χ1n) is 10.3. The van der Waals surface area contributed by atoms with Gasteiger partial charge in [-0.25, -0.2) is 14.4 Å². The maximum atomic E-state index is 12.8. The number of alkyl carbamates (subject to hydrolysis) is 1. The third kappa shape index (κ3) is 5.23. The third-order valence-electron chi connectivity index (χ3n) is 4.95. The number of fused-ring (bicyclic) bond motifs is 3. The molecule has 31 heavy (non-hydrogen) atoms. The summed E-state index contributed by atoms with van der Waals surface area (Å²) in [6, 6.07) is 11.1. The summed E-state index contributed by atoms with van der Waals surface area (Å²) in [5, 5.41) is 4.59. The summed E-state index contributed by atoms with van der Waals surface area (Å²) >= 11 is 0. The van der Waals surface area contributed by atoms with Crippen LogP contribution in [0.1, 0.15) is 41.0 Å². The zero-order valence-corrected chi connectivity index (χ0v) is 18.4. The Kier molecular flexibility index (Phi) is 6.34. The van der Waals surface area contributed by atoms with E-state index in [-0.39, 0.29) is 11.7 Å². The first-order chi connectivity index (χ1) is 14.6. The van der Waals surface area contributed by atoms with Gasteiger partial charge in [0.15, 0.2) is 0 Å². The molecule has 0 unspecified atom stereocenters. The van der Waals surface area contributed by atoms with E-state index in [1.54, 1.807) is 45.0 Å². The molecule has 3 rings (SSSR count). The molecule has 7 heteroatoms. The summed E-state index contributed by atoms with van der Waals surface area (Å²) in [4.78, 5) is 37.3. The Labute approximate surface area is 180 Å². The molecule has 0 aliphatic rings. The second-order valence-corrected chi connectivity index (χ2v) is 8.52. The quantitative estimate of drug-likeness (QED) is 0.273. The van der Waals surface area contributed by atoms with E-state index in [9.17, 15) is 14.4 Å². The molecule has 0 spiro atoms. The molecule has 1 N–H and O–H groups in total. The molecule has 1 aromatic heterocycles. The van der Waals surface area contributed by atoms with Crippen LogP contribution in [0.3, 0.4) is 0 Å². The first kappa shape index (κ1) is 22.3. The molecule has 1 amide bonds. The van der Waals surface area contributed by atoms with E-state index >= 15 is 0 Å². The first-order valence-corrected chi connectivity index (χ1v) is 10.3. The molecule has 3 aromatic rings. The second-order valence-electron chi connectivity index (χ2n) is 8.52. The maximum Gasteiger partial charge on any atom is 0.408 e. The Balaban J connectivity index is 1.86. The highest BCUT2D eigenvalue weighted by molar-refractivity contribution is 6.04. The van der Waals surface area contributed by atoms with Crippen LogP contribution in [0.2, 0.25) is 0 Å².